The molecule has 1 rings (SSSR count). The molecule has 1 aromatic carbocycles. The lowest BCUT2D eigenvalue weighted by Crippen LogP contribution is -2.37. The highest BCUT2D eigenvalue weighted by Crippen LogP contribution is 2.19. The lowest BCUT2D eigenvalue weighted by atomic mass is 10.2. The minimum atomic E-state index is -0.423. The van der Waals surface area contributed by atoms with Gasteiger partial charge < -0.3 is 11.1 Å². The van der Waals surface area contributed by atoms with E-state index in [1.807, 2.05) is 18.2 Å². The monoisotopic (exact) mass is 285 g/mol. The maximum atomic E-state index is 13.1. The Morgan fingerprint density at radius 2 is 2.26 bits per heavy atom. The van der Waals surface area contributed by atoms with Gasteiger partial charge in [0.1, 0.15) is 5.82 Å². The van der Waals surface area contributed by atoms with E-state index in [0.29, 0.717) is 17.4 Å². The summed E-state index contributed by atoms with van der Waals surface area (Å²) in [5, 5.41) is 2.63. The molecule has 0 radical (unpaired) electrons. The van der Waals surface area contributed by atoms with Gasteiger partial charge in [0.2, 0.25) is 5.91 Å². The number of rotatable bonds is 6. The van der Waals surface area contributed by atoms with Crippen molar-refractivity contribution in [3.05, 3.63) is 24.0 Å². The summed E-state index contributed by atoms with van der Waals surface area (Å²) in [5.74, 6) is 0.327. The van der Waals surface area contributed by atoms with E-state index in [4.69, 9.17) is 5.73 Å². The van der Waals surface area contributed by atoms with Crippen LogP contribution in [0.2, 0.25) is 0 Å². The van der Waals surface area contributed by atoms with Crippen molar-refractivity contribution in [1.82, 2.24) is 4.90 Å². The number of carbonyl (C=O) groups excluding carboxylic acids is 1. The highest BCUT2D eigenvalue weighted by atomic mass is 32.2. The summed E-state index contributed by atoms with van der Waals surface area (Å²) in [6, 6.07) is 4.21. The van der Waals surface area contributed by atoms with Crippen molar-refractivity contribution in [2.45, 2.75) is 13.0 Å². The molecule has 0 spiro atoms. The number of nitrogens with one attached hydrogen (secondary N) is 1. The molecule has 0 bridgehead atoms. The zero-order chi connectivity index (χ0) is 14.4. The van der Waals surface area contributed by atoms with Gasteiger partial charge in [0.25, 0.3) is 0 Å². The second-order valence-corrected chi connectivity index (χ2v) is 5.41. The molecule has 1 aromatic rings. The molecule has 106 valence electrons. The number of nitrogen functional groups attached to an aromatic ring is 1. The van der Waals surface area contributed by atoms with Crippen molar-refractivity contribution in [2.75, 3.05) is 36.7 Å². The molecule has 0 fully saturated rings. The number of hydrogen-bond acceptors (Lipinski definition) is 4. The molecule has 1 amide bonds. The number of carbonyl (C=O) groups is 1. The number of halogens is 1. The van der Waals surface area contributed by atoms with E-state index < -0.39 is 5.82 Å². The van der Waals surface area contributed by atoms with Gasteiger partial charge in [-0.3, -0.25) is 9.69 Å². The topological polar surface area (TPSA) is 58.4 Å². The average molecular weight is 285 g/mol. The number of nitrogens with two attached hydrogens (primary N) is 1. The first kappa shape index (κ1) is 15.8. The van der Waals surface area contributed by atoms with Gasteiger partial charge in [-0.1, -0.05) is 0 Å². The quantitative estimate of drug-likeness (QED) is 0.785. The number of nitrogens with zero attached hydrogens (tertiary/aromatic N) is 1. The van der Waals surface area contributed by atoms with Crippen LogP contribution in [0.15, 0.2) is 18.2 Å². The fraction of sp³-hybridized carbons (Fsp3) is 0.462. The van der Waals surface area contributed by atoms with E-state index in [0.717, 1.165) is 5.75 Å². The van der Waals surface area contributed by atoms with Crippen molar-refractivity contribution in [1.29, 1.82) is 0 Å². The van der Waals surface area contributed by atoms with Crippen molar-refractivity contribution >= 4 is 29.0 Å². The van der Waals surface area contributed by atoms with Crippen LogP contribution in [0.4, 0.5) is 15.8 Å². The normalized spacial score (nSPS) is 12.5. The minimum Gasteiger partial charge on any atom is -0.397 e. The third kappa shape index (κ3) is 5.08. The van der Waals surface area contributed by atoms with E-state index in [-0.39, 0.29) is 12.5 Å². The van der Waals surface area contributed by atoms with Gasteiger partial charge in [-0.25, -0.2) is 4.39 Å². The highest BCUT2D eigenvalue weighted by Gasteiger charge is 2.13. The maximum Gasteiger partial charge on any atom is 0.238 e. The number of benzene rings is 1. The highest BCUT2D eigenvalue weighted by molar-refractivity contribution is 7.98. The Labute approximate surface area is 117 Å². The second kappa shape index (κ2) is 7.35. The molecule has 19 heavy (non-hydrogen) atoms. The number of anilines is 2. The second-order valence-electron chi connectivity index (χ2n) is 4.50. The third-order valence-electron chi connectivity index (χ3n) is 2.84. The molecule has 0 aliphatic heterocycles. The largest absolute Gasteiger partial charge is 0.397 e. The summed E-state index contributed by atoms with van der Waals surface area (Å²) in [6.45, 7) is 2.30. The summed E-state index contributed by atoms with van der Waals surface area (Å²) in [5.41, 5.74) is 6.35. The van der Waals surface area contributed by atoms with Crippen molar-refractivity contribution in [3.8, 4) is 0 Å². The van der Waals surface area contributed by atoms with Crippen LogP contribution in [0, 0.1) is 5.82 Å². The average Bonchev–Trinajstić information content (AvgIpc) is 2.34. The fourth-order valence-electron chi connectivity index (χ4n) is 1.58. The third-order valence-corrected chi connectivity index (χ3v) is 3.66. The first-order chi connectivity index (χ1) is 8.93. The summed E-state index contributed by atoms with van der Waals surface area (Å²) >= 11 is 1.73. The summed E-state index contributed by atoms with van der Waals surface area (Å²) in [6.07, 6.45) is 2.03. The van der Waals surface area contributed by atoms with E-state index in [1.165, 1.54) is 18.2 Å². The van der Waals surface area contributed by atoms with Crippen LogP contribution < -0.4 is 11.1 Å². The van der Waals surface area contributed by atoms with Crippen molar-refractivity contribution in [3.63, 3.8) is 0 Å². The number of amides is 1. The van der Waals surface area contributed by atoms with E-state index in [1.54, 1.807) is 11.8 Å². The standard InChI is InChI=1S/C13H20FN3OS/c1-9(8-19-3)17(2)7-13(18)16-12-6-10(14)4-5-11(12)15/h4-6,9H,7-8,15H2,1-3H3,(H,16,18). The molecule has 4 nitrogen and oxygen atoms in total. The molecule has 0 saturated carbocycles. The van der Waals surface area contributed by atoms with Gasteiger partial charge in [-0.15, -0.1) is 0 Å². The molecular formula is C13H20FN3OS. The van der Waals surface area contributed by atoms with E-state index in [2.05, 4.69) is 12.2 Å². The molecule has 1 atom stereocenters. The molecule has 6 heteroatoms. The van der Waals surface area contributed by atoms with Crippen molar-refractivity contribution < 1.29 is 9.18 Å². The SMILES string of the molecule is CSCC(C)N(C)CC(=O)Nc1cc(F)ccc1N. The van der Waals surface area contributed by atoms with Gasteiger partial charge >= 0.3 is 0 Å². The lowest BCUT2D eigenvalue weighted by Gasteiger charge is -2.23. The van der Waals surface area contributed by atoms with Gasteiger partial charge in [0, 0.05) is 11.8 Å². The number of thioether (sulfide) groups is 1. The fourth-order valence-corrected chi connectivity index (χ4v) is 2.31. The Bertz CT molecular complexity index is 442. The molecule has 0 aliphatic rings. The zero-order valence-electron chi connectivity index (χ0n) is 11.4. The number of likely N-dealkylation sites (N-methyl/N-ethyl adjacent to an activating group) is 1. The van der Waals surface area contributed by atoms with E-state index in [9.17, 15) is 9.18 Å². The lowest BCUT2D eigenvalue weighted by molar-refractivity contribution is -0.117. The van der Waals surface area contributed by atoms with Gasteiger partial charge in [0.05, 0.1) is 17.9 Å². The molecule has 0 heterocycles. The van der Waals surface area contributed by atoms with Gasteiger partial charge in [-0.05, 0) is 38.4 Å². The molecular weight excluding hydrogens is 265 g/mol. The maximum absolute atomic E-state index is 13.1. The van der Waals surface area contributed by atoms with Gasteiger partial charge in [-0.2, -0.15) is 11.8 Å². The Balaban J connectivity index is 2.57. The Hall–Kier alpha value is -1.27. The molecule has 0 aromatic heterocycles. The molecule has 0 aliphatic carbocycles. The summed E-state index contributed by atoms with van der Waals surface area (Å²) in [4.78, 5) is 13.8. The smallest absolute Gasteiger partial charge is 0.238 e. The van der Waals surface area contributed by atoms with Crippen LogP contribution in [0.3, 0.4) is 0 Å². The first-order valence-electron chi connectivity index (χ1n) is 5.98. The van der Waals surface area contributed by atoms with E-state index >= 15 is 0 Å². The van der Waals surface area contributed by atoms with Crippen molar-refractivity contribution in [2.24, 2.45) is 0 Å². The Morgan fingerprint density at radius 1 is 1.58 bits per heavy atom. The minimum absolute atomic E-state index is 0.201. The summed E-state index contributed by atoms with van der Waals surface area (Å²) in [7, 11) is 1.88. The molecule has 3 N–H and O–H groups in total. The van der Waals surface area contributed by atoms with Crippen LogP contribution in [0.1, 0.15) is 6.92 Å². The first-order valence-corrected chi connectivity index (χ1v) is 7.37. The van der Waals surface area contributed by atoms with Crippen LogP contribution in [0.25, 0.3) is 0 Å². The Kier molecular flexibility index (Phi) is 6.11. The predicted octanol–water partition coefficient (Wildman–Crippen LogP) is 2.03. The molecule has 1 unspecified atom stereocenters. The van der Waals surface area contributed by atoms with Crippen LogP contribution in [-0.4, -0.2) is 42.4 Å². The predicted molar refractivity (Wildman–Crippen MR) is 79.9 cm³/mol. The molecule has 0 saturated heterocycles. The van der Waals surface area contributed by atoms with Crippen LogP contribution >= 0.6 is 11.8 Å². The summed E-state index contributed by atoms with van der Waals surface area (Å²) < 4.78 is 13.1. The Morgan fingerprint density at radius 3 is 2.89 bits per heavy atom. The van der Waals surface area contributed by atoms with Crippen LogP contribution in [-0.2, 0) is 4.79 Å². The van der Waals surface area contributed by atoms with Gasteiger partial charge in [0.15, 0.2) is 0 Å². The van der Waals surface area contributed by atoms with Crippen LogP contribution in [0.5, 0.6) is 0 Å². The zero-order valence-corrected chi connectivity index (χ0v) is 12.3. The number of hydrogen-bond donors (Lipinski definition) is 2.